The highest BCUT2D eigenvalue weighted by molar-refractivity contribution is 7.90. The number of aryl methyl sites for hydroxylation is 1. The summed E-state index contributed by atoms with van der Waals surface area (Å²) >= 11 is 0. The zero-order chi connectivity index (χ0) is 15.7. The van der Waals surface area contributed by atoms with Crippen molar-refractivity contribution >= 4 is 9.84 Å². The van der Waals surface area contributed by atoms with Crippen LogP contribution in [0.15, 0.2) is 59.5 Å². The highest BCUT2D eigenvalue weighted by Gasteiger charge is 2.12. The molecular formula is C16H15N3O2S. The van der Waals surface area contributed by atoms with E-state index in [1.807, 2.05) is 37.3 Å². The van der Waals surface area contributed by atoms with Gasteiger partial charge in [-0.3, -0.25) is 0 Å². The first-order valence-electron chi connectivity index (χ1n) is 6.75. The summed E-state index contributed by atoms with van der Waals surface area (Å²) < 4.78 is 24.8. The number of nitrogens with zero attached hydrogens (tertiary/aromatic N) is 3. The van der Waals surface area contributed by atoms with Crippen LogP contribution in [0.3, 0.4) is 0 Å². The summed E-state index contributed by atoms with van der Waals surface area (Å²) in [6.45, 7) is 1.83. The number of hydrogen-bond acceptors (Lipinski definition) is 4. The molecule has 3 aromatic rings. The Kier molecular flexibility index (Phi) is 3.54. The van der Waals surface area contributed by atoms with Crippen molar-refractivity contribution in [2.45, 2.75) is 11.8 Å². The minimum Gasteiger partial charge on any atom is -0.224 e. The average molecular weight is 313 g/mol. The summed E-state index contributed by atoms with van der Waals surface area (Å²) in [5.41, 5.74) is 1.72. The quantitative estimate of drug-likeness (QED) is 0.745. The molecule has 0 radical (unpaired) electrons. The molecule has 0 aliphatic rings. The topological polar surface area (TPSA) is 64.8 Å². The largest absolute Gasteiger partial charge is 0.224 e. The molecule has 5 nitrogen and oxygen atoms in total. The van der Waals surface area contributed by atoms with Crippen LogP contribution in [0.25, 0.3) is 17.1 Å². The first kappa shape index (κ1) is 14.5. The second-order valence-electron chi connectivity index (χ2n) is 5.03. The molecule has 112 valence electrons. The van der Waals surface area contributed by atoms with Gasteiger partial charge in [0.25, 0.3) is 0 Å². The second kappa shape index (κ2) is 5.38. The standard InChI is InChI=1S/C16H15N3O2S/c1-12-17-16(13-6-4-3-5-7-13)19(18-12)14-8-10-15(11-9-14)22(2,20)21/h3-11H,1-2H3. The van der Waals surface area contributed by atoms with Crippen LogP contribution < -0.4 is 0 Å². The van der Waals surface area contributed by atoms with Gasteiger partial charge in [-0.05, 0) is 31.2 Å². The maximum Gasteiger partial charge on any atom is 0.175 e. The first-order valence-corrected chi connectivity index (χ1v) is 8.64. The van der Waals surface area contributed by atoms with Crippen molar-refractivity contribution in [3.8, 4) is 17.1 Å². The third-order valence-corrected chi connectivity index (χ3v) is 4.38. The first-order chi connectivity index (χ1) is 10.4. The van der Waals surface area contributed by atoms with Gasteiger partial charge in [-0.15, -0.1) is 0 Å². The van der Waals surface area contributed by atoms with Crippen LogP contribution in [0.4, 0.5) is 0 Å². The molecule has 0 unspecified atom stereocenters. The molecule has 0 aliphatic carbocycles. The Morgan fingerprint density at radius 1 is 0.955 bits per heavy atom. The van der Waals surface area contributed by atoms with Crippen LogP contribution in [-0.2, 0) is 9.84 Å². The fourth-order valence-electron chi connectivity index (χ4n) is 2.20. The van der Waals surface area contributed by atoms with Gasteiger partial charge >= 0.3 is 0 Å². The van der Waals surface area contributed by atoms with Crippen molar-refractivity contribution in [2.75, 3.05) is 6.26 Å². The predicted molar refractivity (Wildman–Crippen MR) is 84.6 cm³/mol. The van der Waals surface area contributed by atoms with E-state index in [2.05, 4.69) is 10.1 Å². The number of sulfone groups is 1. The summed E-state index contributed by atoms with van der Waals surface area (Å²) in [5.74, 6) is 1.39. The lowest BCUT2D eigenvalue weighted by Crippen LogP contribution is -2.01. The Morgan fingerprint density at radius 2 is 1.59 bits per heavy atom. The molecule has 0 N–H and O–H groups in total. The van der Waals surface area contributed by atoms with Crippen LogP contribution in [0.2, 0.25) is 0 Å². The molecule has 0 saturated carbocycles. The van der Waals surface area contributed by atoms with Crippen molar-refractivity contribution in [1.29, 1.82) is 0 Å². The van der Waals surface area contributed by atoms with E-state index in [0.717, 1.165) is 17.1 Å². The Labute approximate surface area is 129 Å². The van der Waals surface area contributed by atoms with Crippen LogP contribution in [-0.4, -0.2) is 29.4 Å². The number of benzene rings is 2. The molecule has 1 heterocycles. The van der Waals surface area contributed by atoms with E-state index in [9.17, 15) is 8.42 Å². The highest BCUT2D eigenvalue weighted by atomic mass is 32.2. The molecule has 2 aromatic carbocycles. The normalized spacial score (nSPS) is 11.5. The molecule has 22 heavy (non-hydrogen) atoms. The number of rotatable bonds is 3. The van der Waals surface area contributed by atoms with Crippen LogP contribution in [0.5, 0.6) is 0 Å². The van der Waals surface area contributed by atoms with E-state index >= 15 is 0 Å². The lowest BCUT2D eigenvalue weighted by molar-refractivity contribution is 0.602. The van der Waals surface area contributed by atoms with Crippen LogP contribution in [0, 0.1) is 6.92 Å². The van der Waals surface area contributed by atoms with Gasteiger partial charge in [-0.1, -0.05) is 30.3 Å². The lowest BCUT2D eigenvalue weighted by Gasteiger charge is -2.07. The van der Waals surface area contributed by atoms with Crippen molar-refractivity contribution in [3.05, 3.63) is 60.4 Å². The van der Waals surface area contributed by atoms with E-state index in [0.29, 0.717) is 5.82 Å². The summed E-state index contributed by atoms with van der Waals surface area (Å²) in [4.78, 5) is 4.75. The Morgan fingerprint density at radius 3 is 2.18 bits per heavy atom. The zero-order valence-corrected chi connectivity index (χ0v) is 13.1. The van der Waals surface area contributed by atoms with Crippen LogP contribution in [0.1, 0.15) is 5.82 Å². The van der Waals surface area contributed by atoms with Crippen molar-refractivity contribution in [3.63, 3.8) is 0 Å². The molecule has 0 fully saturated rings. The SMILES string of the molecule is Cc1nc(-c2ccccc2)n(-c2ccc(S(C)(=O)=O)cc2)n1. The Balaban J connectivity index is 2.10. The molecule has 0 amide bonds. The fourth-order valence-corrected chi connectivity index (χ4v) is 2.83. The van der Waals surface area contributed by atoms with E-state index in [4.69, 9.17) is 0 Å². The third kappa shape index (κ3) is 2.78. The molecule has 3 rings (SSSR count). The van der Waals surface area contributed by atoms with E-state index in [-0.39, 0.29) is 4.90 Å². The van der Waals surface area contributed by atoms with Gasteiger partial charge in [0, 0.05) is 11.8 Å². The Hall–Kier alpha value is -2.47. The summed E-state index contributed by atoms with van der Waals surface area (Å²) in [6.07, 6.45) is 1.19. The van der Waals surface area contributed by atoms with E-state index in [1.165, 1.54) is 6.26 Å². The minimum atomic E-state index is -3.20. The molecule has 0 spiro atoms. The fraction of sp³-hybridized carbons (Fsp3) is 0.125. The van der Waals surface area contributed by atoms with Crippen LogP contribution >= 0.6 is 0 Å². The van der Waals surface area contributed by atoms with Crippen molar-refractivity contribution in [2.24, 2.45) is 0 Å². The predicted octanol–water partition coefficient (Wildman–Crippen LogP) is 2.65. The zero-order valence-electron chi connectivity index (χ0n) is 12.3. The number of aromatic nitrogens is 3. The van der Waals surface area contributed by atoms with Gasteiger partial charge in [0.05, 0.1) is 10.6 Å². The van der Waals surface area contributed by atoms with Gasteiger partial charge in [-0.2, -0.15) is 5.10 Å². The molecule has 1 aromatic heterocycles. The lowest BCUT2D eigenvalue weighted by atomic mass is 10.2. The van der Waals surface area contributed by atoms with Gasteiger partial charge < -0.3 is 0 Å². The molecule has 0 atom stereocenters. The summed E-state index contributed by atoms with van der Waals surface area (Å²) in [7, 11) is -3.20. The monoisotopic (exact) mass is 313 g/mol. The van der Waals surface area contributed by atoms with E-state index < -0.39 is 9.84 Å². The van der Waals surface area contributed by atoms with Gasteiger partial charge in [0.2, 0.25) is 0 Å². The highest BCUT2D eigenvalue weighted by Crippen LogP contribution is 2.21. The maximum absolute atomic E-state index is 11.5. The molecule has 0 aliphatic heterocycles. The molecular weight excluding hydrogens is 298 g/mol. The average Bonchev–Trinajstić information content (AvgIpc) is 2.89. The van der Waals surface area contributed by atoms with Gasteiger partial charge in [0.15, 0.2) is 15.7 Å². The maximum atomic E-state index is 11.5. The minimum absolute atomic E-state index is 0.286. The Bertz CT molecular complexity index is 898. The second-order valence-corrected chi connectivity index (χ2v) is 7.04. The molecule has 6 heteroatoms. The van der Waals surface area contributed by atoms with E-state index in [1.54, 1.807) is 28.9 Å². The molecule has 0 bridgehead atoms. The number of hydrogen-bond donors (Lipinski definition) is 0. The van der Waals surface area contributed by atoms with Crippen molar-refractivity contribution in [1.82, 2.24) is 14.8 Å². The third-order valence-electron chi connectivity index (χ3n) is 3.25. The van der Waals surface area contributed by atoms with Crippen molar-refractivity contribution < 1.29 is 8.42 Å². The molecule has 0 saturated heterocycles. The van der Waals surface area contributed by atoms with Gasteiger partial charge in [-0.25, -0.2) is 18.1 Å². The summed E-state index contributed by atoms with van der Waals surface area (Å²) in [5, 5.41) is 4.41. The smallest absolute Gasteiger partial charge is 0.175 e. The van der Waals surface area contributed by atoms with Gasteiger partial charge in [0.1, 0.15) is 5.82 Å². The summed E-state index contributed by atoms with van der Waals surface area (Å²) in [6, 6.07) is 16.4.